The summed E-state index contributed by atoms with van der Waals surface area (Å²) in [6.07, 6.45) is 34.5. The van der Waals surface area contributed by atoms with E-state index in [4.69, 9.17) is 0 Å². The van der Waals surface area contributed by atoms with Crippen molar-refractivity contribution in [1.82, 2.24) is 4.90 Å². The molecule has 1 rings (SSSR count). The van der Waals surface area contributed by atoms with Crippen molar-refractivity contribution in [3.8, 4) is 0 Å². The van der Waals surface area contributed by atoms with E-state index in [1.54, 1.807) is 0 Å². The Kier molecular flexibility index (Phi) is 26.7. The summed E-state index contributed by atoms with van der Waals surface area (Å²) in [6.45, 7) is 9.32. The largest absolute Gasteiger partial charge is 0.326 e. The number of piperidine rings is 1. The van der Waals surface area contributed by atoms with E-state index in [1.807, 2.05) is 0 Å². The highest BCUT2D eigenvalue weighted by Gasteiger charge is 2.29. The Morgan fingerprint density at radius 3 is 1.65 bits per heavy atom. The van der Waals surface area contributed by atoms with E-state index >= 15 is 0 Å². The molecule has 0 bridgehead atoms. The van der Waals surface area contributed by atoms with Gasteiger partial charge in [0.1, 0.15) is 0 Å². The van der Waals surface area contributed by atoms with E-state index in [0.717, 1.165) is 11.8 Å². The Morgan fingerprint density at radius 1 is 0.625 bits per heavy atom. The topological polar surface area (TPSA) is 3.24 Å². The van der Waals surface area contributed by atoms with Crippen LogP contribution in [0.1, 0.15) is 161 Å². The third-order valence-corrected chi connectivity index (χ3v) is 11.1. The molecule has 4 heteroatoms. The van der Waals surface area contributed by atoms with E-state index in [0.29, 0.717) is 0 Å². The summed E-state index contributed by atoms with van der Waals surface area (Å²) in [6, 6.07) is 0. The monoisotopic (exact) mass is 691 g/mol. The van der Waals surface area contributed by atoms with E-state index in [1.165, 1.54) is 202 Å². The number of rotatable bonds is 29. The first-order valence-corrected chi connectivity index (χ1v) is 20.4. The number of halogens is 2. The van der Waals surface area contributed by atoms with Gasteiger partial charge in [-0.2, -0.15) is 0 Å². The molecule has 1 aliphatic rings. The van der Waals surface area contributed by atoms with Crippen molar-refractivity contribution < 1.29 is 4.48 Å². The summed E-state index contributed by atoms with van der Waals surface area (Å²) in [5, 5.41) is 2.36. The van der Waals surface area contributed by atoms with Crippen molar-refractivity contribution in [2.45, 2.75) is 161 Å². The zero-order valence-electron chi connectivity index (χ0n) is 27.7. The van der Waals surface area contributed by atoms with E-state index < -0.39 is 0 Å². The third kappa shape index (κ3) is 22.4. The lowest BCUT2D eigenvalue weighted by molar-refractivity contribution is -0.915. The maximum absolute atomic E-state index is 3.55. The lowest BCUT2D eigenvalue weighted by Crippen LogP contribution is -2.50. The van der Waals surface area contributed by atoms with Gasteiger partial charge in [0.05, 0.1) is 26.7 Å². The van der Waals surface area contributed by atoms with Crippen LogP contribution in [-0.2, 0) is 0 Å². The van der Waals surface area contributed by atoms with E-state index in [2.05, 4.69) is 57.8 Å². The van der Waals surface area contributed by atoms with Gasteiger partial charge in [0, 0.05) is 10.7 Å². The van der Waals surface area contributed by atoms with E-state index in [-0.39, 0.29) is 0 Å². The fourth-order valence-electron chi connectivity index (χ4n) is 6.99. The highest BCUT2D eigenvalue weighted by Crippen LogP contribution is 2.29. The van der Waals surface area contributed by atoms with Crippen LogP contribution in [0.4, 0.5) is 0 Å². The molecule has 1 saturated heterocycles. The Hall–Kier alpha value is 0.880. The van der Waals surface area contributed by atoms with Crippen LogP contribution in [0.5, 0.6) is 0 Å². The molecular weight excluding hydrogens is 620 g/mol. The average molecular weight is 694 g/mol. The average Bonchev–Trinajstić information content (AvgIpc) is 2.95. The molecule has 0 aromatic rings. The molecule has 1 unspecified atom stereocenters. The minimum atomic E-state index is 0.959. The fraction of sp³-hybridized carbons (Fsp3) is 1.00. The van der Waals surface area contributed by atoms with Gasteiger partial charge in [-0.3, -0.25) is 0 Å². The minimum Gasteiger partial charge on any atom is -0.326 e. The molecule has 2 nitrogen and oxygen atoms in total. The summed E-state index contributed by atoms with van der Waals surface area (Å²) >= 11 is 7.08. The summed E-state index contributed by atoms with van der Waals surface area (Å²) in [7, 11) is 4.92. The first-order valence-electron chi connectivity index (χ1n) is 18.2. The normalized spacial score (nSPS) is 20.4. The smallest absolute Gasteiger partial charge is 0.0787 e. The zero-order valence-corrected chi connectivity index (χ0v) is 30.9. The van der Waals surface area contributed by atoms with Crippen molar-refractivity contribution in [3.05, 3.63) is 0 Å². The predicted octanol–water partition coefficient (Wildman–Crippen LogP) is 11.8. The molecule has 1 heterocycles. The van der Waals surface area contributed by atoms with Crippen molar-refractivity contribution in [2.24, 2.45) is 11.8 Å². The molecule has 0 saturated carbocycles. The van der Waals surface area contributed by atoms with Gasteiger partial charge in [-0.1, -0.05) is 142 Å². The van der Waals surface area contributed by atoms with Gasteiger partial charge in [0.15, 0.2) is 0 Å². The summed E-state index contributed by atoms with van der Waals surface area (Å²) in [4.78, 5) is 2.63. The lowest BCUT2D eigenvalue weighted by atomic mass is 9.87. The number of unbranched alkanes of at least 4 members (excludes halogenated alkanes) is 14. The van der Waals surface area contributed by atoms with Crippen LogP contribution in [-0.4, -0.2) is 66.9 Å². The molecule has 0 radical (unpaired) electrons. The molecule has 0 aliphatic carbocycles. The third-order valence-electron chi connectivity index (χ3n) is 10.0. The molecule has 0 amide bonds. The first-order chi connectivity index (χ1) is 19.5. The van der Waals surface area contributed by atoms with Gasteiger partial charge in [-0.15, -0.1) is 0 Å². The van der Waals surface area contributed by atoms with Crippen molar-refractivity contribution in [1.29, 1.82) is 0 Å². The number of alkyl halides is 2. The van der Waals surface area contributed by atoms with Crippen LogP contribution >= 0.6 is 31.9 Å². The second kappa shape index (κ2) is 27.4. The molecule has 0 aromatic heterocycles. The van der Waals surface area contributed by atoms with Crippen LogP contribution in [0.15, 0.2) is 0 Å². The standard InChI is InChI=1S/C36H73Br2N2/c1-4-22-35(25-31-39(2)30-19-15-11-7-5-9-13-17-28-37)23-21-24-36-26-33-40(3,34-27-36)32-20-16-12-8-6-10-14-18-29-38/h35-36H,4-34H2,1-3H3/q+1. The summed E-state index contributed by atoms with van der Waals surface area (Å²) in [5.74, 6) is 1.97. The van der Waals surface area contributed by atoms with Crippen LogP contribution in [0.2, 0.25) is 0 Å². The van der Waals surface area contributed by atoms with Gasteiger partial charge in [0.25, 0.3) is 0 Å². The molecule has 0 aromatic carbocycles. The van der Waals surface area contributed by atoms with E-state index in [9.17, 15) is 0 Å². The van der Waals surface area contributed by atoms with Gasteiger partial charge in [-0.25, -0.2) is 0 Å². The molecule has 240 valence electrons. The fourth-order valence-corrected chi connectivity index (χ4v) is 7.79. The SMILES string of the molecule is CCCC(CCCC1CC[N+](C)(CCCCCCCCCCBr)CC1)CCN(C)CCCCCCCCCCBr. The molecule has 0 spiro atoms. The van der Waals surface area contributed by atoms with Crippen LogP contribution in [0.3, 0.4) is 0 Å². The Balaban J connectivity index is 2.06. The van der Waals surface area contributed by atoms with Crippen LogP contribution in [0, 0.1) is 11.8 Å². The number of nitrogens with zero attached hydrogens (tertiary/aromatic N) is 2. The van der Waals surface area contributed by atoms with Crippen molar-refractivity contribution >= 4 is 31.9 Å². The van der Waals surface area contributed by atoms with Gasteiger partial charge in [0.2, 0.25) is 0 Å². The lowest BCUT2D eigenvalue weighted by Gasteiger charge is -2.41. The van der Waals surface area contributed by atoms with Crippen molar-refractivity contribution in [3.63, 3.8) is 0 Å². The zero-order chi connectivity index (χ0) is 29.2. The molecule has 1 fully saturated rings. The van der Waals surface area contributed by atoms with Gasteiger partial charge < -0.3 is 9.38 Å². The number of hydrogen-bond acceptors (Lipinski definition) is 1. The number of quaternary nitrogens is 1. The summed E-state index contributed by atoms with van der Waals surface area (Å²) in [5.41, 5.74) is 0. The van der Waals surface area contributed by atoms with Gasteiger partial charge >= 0.3 is 0 Å². The van der Waals surface area contributed by atoms with Crippen molar-refractivity contribution in [2.75, 3.05) is 57.5 Å². The quantitative estimate of drug-likeness (QED) is 0.0428. The molecular formula is C36H73Br2N2+. The predicted molar refractivity (Wildman–Crippen MR) is 189 cm³/mol. The van der Waals surface area contributed by atoms with Crippen LogP contribution in [0.25, 0.3) is 0 Å². The molecule has 0 N–H and O–H groups in total. The Bertz CT molecular complexity index is 521. The second-order valence-electron chi connectivity index (χ2n) is 13.9. The molecule has 1 aliphatic heterocycles. The molecule has 1 atom stereocenters. The number of likely N-dealkylation sites (tertiary alicyclic amines) is 1. The molecule has 40 heavy (non-hydrogen) atoms. The maximum Gasteiger partial charge on any atom is 0.0787 e. The summed E-state index contributed by atoms with van der Waals surface area (Å²) < 4.78 is 1.37. The number of hydrogen-bond donors (Lipinski definition) is 0. The second-order valence-corrected chi connectivity index (χ2v) is 15.5. The minimum absolute atomic E-state index is 0.959. The Morgan fingerprint density at radius 2 is 1.12 bits per heavy atom. The first kappa shape index (κ1) is 38.9. The maximum atomic E-state index is 3.55. The Labute approximate surface area is 270 Å². The highest BCUT2D eigenvalue weighted by atomic mass is 79.9. The van der Waals surface area contributed by atoms with Gasteiger partial charge in [-0.05, 0) is 83.3 Å². The van der Waals surface area contributed by atoms with Crippen LogP contribution < -0.4 is 0 Å². The highest BCUT2D eigenvalue weighted by molar-refractivity contribution is 9.09.